The smallest absolute Gasteiger partial charge is 0.309 e. The molecule has 0 unspecified atom stereocenters. The van der Waals surface area contributed by atoms with Crippen molar-refractivity contribution in [1.82, 2.24) is 19.5 Å². The molecule has 7 aromatic carbocycles. The zero-order valence-electron chi connectivity index (χ0n) is 30.3. The van der Waals surface area contributed by atoms with Crippen LogP contribution >= 0.6 is 0 Å². The number of benzene rings is 7. The highest BCUT2D eigenvalue weighted by Crippen LogP contribution is 2.44. The number of rotatable bonds is 6. The summed E-state index contributed by atoms with van der Waals surface area (Å²) in [4.78, 5) is 14.5. The quantitative estimate of drug-likeness (QED) is 0.157. The lowest BCUT2D eigenvalue weighted by Gasteiger charge is -2.17. The molecular weight excluding hydrogens is 773 g/mol. The predicted octanol–water partition coefficient (Wildman–Crippen LogP) is 13.6. The van der Waals surface area contributed by atoms with Crippen LogP contribution in [0.2, 0.25) is 0 Å². The van der Waals surface area contributed by atoms with Gasteiger partial charge in [-0.15, -0.1) is 0 Å². The zero-order valence-corrected chi connectivity index (χ0v) is 30.3. The minimum Gasteiger partial charge on any atom is -0.309 e. The van der Waals surface area contributed by atoms with Crippen LogP contribution in [0.5, 0.6) is 0 Å². The van der Waals surface area contributed by atoms with Crippen molar-refractivity contribution in [2.75, 3.05) is 0 Å². The highest BCUT2D eigenvalue weighted by molar-refractivity contribution is 6.11. The number of alkyl halides is 6. The van der Waals surface area contributed by atoms with Crippen molar-refractivity contribution < 1.29 is 35.1 Å². The fourth-order valence-electron chi connectivity index (χ4n) is 7.34. The SMILES string of the molecule is Fc1ccc(-c2ccc(-c3nc(-c4ccccc4)nc(-c4ccccc4)n3)cc2-n2c3ccccc3c3cc(-c4ccc(C(F)(F)F)cc4C(F)(F)F)ccc32)c(F)c1. The summed E-state index contributed by atoms with van der Waals surface area (Å²) < 4.78 is 115. The summed E-state index contributed by atoms with van der Waals surface area (Å²) in [5.74, 6) is -0.523. The van der Waals surface area contributed by atoms with Gasteiger partial charge in [0.1, 0.15) is 11.6 Å². The van der Waals surface area contributed by atoms with Gasteiger partial charge in [-0.1, -0.05) is 103 Å². The molecule has 0 saturated carbocycles. The molecule has 9 aromatic rings. The summed E-state index contributed by atoms with van der Waals surface area (Å²) in [5, 5.41) is 1.07. The Kier molecular flexibility index (Phi) is 9.07. The van der Waals surface area contributed by atoms with Gasteiger partial charge in [-0.05, 0) is 59.7 Å². The maximum atomic E-state index is 15.7. The van der Waals surface area contributed by atoms with E-state index < -0.39 is 40.7 Å². The lowest BCUT2D eigenvalue weighted by Crippen LogP contribution is -2.12. The van der Waals surface area contributed by atoms with Gasteiger partial charge in [-0.25, -0.2) is 23.7 Å². The average Bonchev–Trinajstić information content (AvgIpc) is 3.57. The number of aromatic nitrogens is 4. The van der Waals surface area contributed by atoms with E-state index in [2.05, 4.69) is 0 Å². The minimum absolute atomic E-state index is 0.0343. The van der Waals surface area contributed by atoms with Crippen molar-refractivity contribution in [1.29, 1.82) is 0 Å². The summed E-state index contributed by atoms with van der Waals surface area (Å²) in [6, 6.07) is 40.2. The minimum atomic E-state index is -5.09. The Hall–Kier alpha value is -7.21. The third-order valence-corrected chi connectivity index (χ3v) is 10.1. The van der Waals surface area contributed by atoms with E-state index in [4.69, 9.17) is 15.0 Å². The van der Waals surface area contributed by atoms with Crippen molar-refractivity contribution >= 4 is 21.8 Å². The zero-order chi connectivity index (χ0) is 41.1. The van der Waals surface area contributed by atoms with E-state index in [1.54, 1.807) is 48.5 Å². The van der Waals surface area contributed by atoms with Gasteiger partial charge in [-0.3, -0.25) is 0 Å². The fraction of sp³-hybridized carbons (Fsp3) is 0.0426. The summed E-state index contributed by atoms with van der Waals surface area (Å²) in [6.07, 6.45) is -10.1. The van der Waals surface area contributed by atoms with E-state index in [9.17, 15) is 30.7 Å². The molecule has 0 atom stereocenters. The summed E-state index contributed by atoms with van der Waals surface area (Å²) >= 11 is 0. The molecule has 2 aromatic heterocycles. The molecule has 59 heavy (non-hydrogen) atoms. The maximum Gasteiger partial charge on any atom is 0.417 e. The first-order valence-corrected chi connectivity index (χ1v) is 18.1. The second kappa shape index (κ2) is 14.3. The number of fused-ring (bicyclic) bond motifs is 3. The molecule has 0 amide bonds. The van der Waals surface area contributed by atoms with Crippen LogP contribution in [0, 0.1) is 11.6 Å². The highest BCUT2D eigenvalue weighted by Gasteiger charge is 2.38. The first-order valence-electron chi connectivity index (χ1n) is 18.1. The lowest BCUT2D eigenvalue weighted by molar-refractivity contribution is -0.142. The van der Waals surface area contributed by atoms with E-state index >= 15 is 4.39 Å². The van der Waals surface area contributed by atoms with Gasteiger partial charge in [0.25, 0.3) is 0 Å². The molecule has 290 valence electrons. The molecule has 12 heteroatoms. The second-order valence-electron chi connectivity index (χ2n) is 13.7. The largest absolute Gasteiger partial charge is 0.417 e. The molecule has 9 rings (SSSR count). The van der Waals surface area contributed by atoms with Gasteiger partial charge >= 0.3 is 12.4 Å². The van der Waals surface area contributed by atoms with Crippen molar-refractivity contribution in [2.24, 2.45) is 0 Å². The molecule has 0 radical (unpaired) electrons. The molecule has 0 spiro atoms. The topological polar surface area (TPSA) is 43.6 Å². The first-order chi connectivity index (χ1) is 28.3. The normalized spacial score (nSPS) is 12.1. The van der Waals surface area contributed by atoms with Crippen molar-refractivity contribution in [3.05, 3.63) is 180 Å². The van der Waals surface area contributed by atoms with Crippen molar-refractivity contribution in [2.45, 2.75) is 12.4 Å². The molecule has 0 aliphatic rings. The Morgan fingerprint density at radius 2 is 0.966 bits per heavy atom. The van der Waals surface area contributed by atoms with Crippen LogP contribution in [0.4, 0.5) is 35.1 Å². The van der Waals surface area contributed by atoms with Gasteiger partial charge in [0, 0.05) is 44.7 Å². The fourth-order valence-corrected chi connectivity index (χ4v) is 7.34. The van der Waals surface area contributed by atoms with Crippen LogP contribution in [0.3, 0.4) is 0 Å². The van der Waals surface area contributed by atoms with Crippen LogP contribution < -0.4 is 0 Å². The molecule has 0 aliphatic carbocycles. The summed E-state index contributed by atoms with van der Waals surface area (Å²) in [5.41, 5.74) is 0.613. The molecule has 0 bridgehead atoms. The van der Waals surface area contributed by atoms with Gasteiger partial charge < -0.3 is 4.57 Å². The number of halogens is 8. The highest BCUT2D eigenvalue weighted by atomic mass is 19.4. The number of para-hydroxylation sites is 1. The van der Waals surface area contributed by atoms with E-state index in [0.29, 0.717) is 56.3 Å². The Morgan fingerprint density at radius 3 is 1.59 bits per heavy atom. The average molecular weight is 799 g/mol. The van der Waals surface area contributed by atoms with Crippen LogP contribution in [0.15, 0.2) is 158 Å². The molecular formula is C47H26F8N4. The van der Waals surface area contributed by atoms with Gasteiger partial charge in [-0.2, -0.15) is 26.3 Å². The molecule has 0 saturated heterocycles. The predicted molar refractivity (Wildman–Crippen MR) is 211 cm³/mol. The first kappa shape index (κ1) is 37.4. The van der Waals surface area contributed by atoms with Crippen LogP contribution in [-0.4, -0.2) is 19.5 Å². The van der Waals surface area contributed by atoms with E-state index in [-0.39, 0.29) is 23.0 Å². The molecule has 0 aliphatic heterocycles. The third kappa shape index (κ3) is 6.96. The number of hydrogen-bond donors (Lipinski definition) is 0. The van der Waals surface area contributed by atoms with Crippen LogP contribution in [-0.2, 0) is 12.4 Å². The third-order valence-electron chi connectivity index (χ3n) is 10.1. The monoisotopic (exact) mass is 798 g/mol. The number of hydrogen-bond acceptors (Lipinski definition) is 3. The van der Waals surface area contributed by atoms with E-state index in [1.165, 1.54) is 18.2 Å². The van der Waals surface area contributed by atoms with E-state index in [0.717, 1.165) is 29.3 Å². The van der Waals surface area contributed by atoms with Gasteiger partial charge in [0.2, 0.25) is 0 Å². The number of nitrogens with zero attached hydrogens (tertiary/aromatic N) is 4. The Morgan fingerprint density at radius 1 is 0.407 bits per heavy atom. The molecule has 0 fully saturated rings. The summed E-state index contributed by atoms with van der Waals surface area (Å²) in [7, 11) is 0. The maximum absolute atomic E-state index is 15.7. The Balaban J connectivity index is 1.30. The van der Waals surface area contributed by atoms with Crippen LogP contribution in [0.1, 0.15) is 11.1 Å². The van der Waals surface area contributed by atoms with Gasteiger partial charge in [0.15, 0.2) is 17.5 Å². The standard InChI is InChI=1S/C47H26F8N4/c48-32-18-21-34(39(49)26-32)36-19-15-30(45-57-43(27-9-3-1-4-10-27)56-44(58-45)28-11-5-2-6-12-28)24-42(36)59-40-14-8-7-13-35(40)37-23-29(16-22-41(37)59)33-20-17-31(46(50,51)52)25-38(33)47(53,54)55/h1-26H. The Bertz CT molecular complexity index is 2990. The summed E-state index contributed by atoms with van der Waals surface area (Å²) in [6.45, 7) is 0. The Labute approximate surface area is 330 Å². The molecule has 0 N–H and O–H groups in total. The molecule has 2 heterocycles. The van der Waals surface area contributed by atoms with Crippen molar-refractivity contribution in [3.8, 4) is 62.1 Å². The van der Waals surface area contributed by atoms with Crippen molar-refractivity contribution in [3.63, 3.8) is 0 Å². The lowest BCUT2D eigenvalue weighted by atomic mass is 9.95. The molecule has 4 nitrogen and oxygen atoms in total. The van der Waals surface area contributed by atoms with E-state index in [1.807, 2.05) is 65.2 Å². The van der Waals surface area contributed by atoms with Crippen LogP contribution in [0.25, 0.3) is 83.9 Å². The van der Waals surface area contributed by atoms with Gasteiger partial charge in [0.05, 0.1) is 27.8 Å². The second-order valence-corrected chi connectivity index (χ2v) is 13.7.